The van der Waals surface area contributed by atoms with Crippen molar-refractivity contribution in [2.45, 2.75) is 32.6 Å². The predicted octanol–water partition coefficient (Wildman–Crippen LogP) is 5.03. The molecule has 1 aliphatic rings. The Morgan fingerprint density at radius 3 is 2.65 bits per heavy atom. The van der Waals surface area contributed by atoms with Crippen molar-refractivity contribution in [3.8, 4) is 0 Å². The Bertz CT molecular complexity index is 948. The third kappa shape index (κ3) is 3.15. The molecule has 0 amide bonds. The topological polar surface area (TPSA) is 51.2 Å². The smallest absolute Gasteiger partial charge is 0.338 e. The minimum absolute atomic E-state index is 0.286. The van der Waals surface area contributed by atoms with Gasteiger partial charge in [-0.15, -0.1) is 0 Å². The van der Waals surface area contributed by atoms with E-state index >= 15 is 0 Å². The lowest BCUT2D eigenvalue weighted by Crippen LogP contribution is -2.09. The van der Waals surface area contributed by atoms with Crippen molar-refractivity contribution in [2.75, 3.05) is 11.9 Å². The summed E-state index contributed by atoms with van der Waals surface area (Å²) in [6.45, 7) is 2.19. The quantitative estimate of drug-likeness (QED) is 0.673. The van der Waals surface area contributed by atoms with E-state index in [0.717, 1.165) is 35.1 Å². The molecule has 0 bridgehead atoms. The number of rotatable bonds is 4. The second-order valence-corrected chi connectivity index (χ2v) is 6.56. The molecule has 0 saturated heterocycles. The van der Waals surface area contributed by atoms with E-state index in [1.807, 2.05) is 31.2 Å². The van der Waals surface area contributed by atoms with E-state index in [9.17, 15) is 4.79 Å². The van der Waals surface area contributed by atoms with Crippen molar-refractivity contribution in [3.63, 3.8) is 0 Å². The van der Waals surface area contributed by atoms with Crippen LogP contribution < -0.4 is 5.32 Å². The molecule has 2 aromatic carbocycles. The molecule has 0 spiro atoms. The summed E-state index contributed by atoms with van der Waals surface area (Å²) in [4.78, 5) is 16.7. The lowest BCUT2D eigenvalue weighted by molar-refractivity contribution is 0.0526. The number of carbonyl (C=O) groups is 1. The van der Waals surface area contributed by atoms with Gasteiger partial charge in [-0.1, -0.05) is 18.2 Å². The minimum Gasteiger partial charge on any atom is -0.462 e. The molecule has 4 rings (SSSR count). The van der Waals surface area contributed by atoms with Crippen LogP contribution >= 0.6 is 0 Å². The van der Waals surface area contributed by atoms with Gasteiger partial charge in [0.1, 0.15) is 0 Å². The lowest BCUT2D eigenvalue weighted by Gasteiger charge is -2.21. The summed E-state index contributed by atoms with van der Waals surface area (Å²) in [6, 6.07) is 15.7. The molecule has 4 nitrogen and oxygen atoms in total. The number of ether oxygens (including phenoxy) is 1. The number of para-hydroxylation sites is 1. The normalized spacial score (nSPS) is 13.3. The van der Waals surface area contributed by atoms with Gasteiger partial charge in [0.2, 0.25) is 0 Å². The number of aryl methyl sites for hydroxylation is 1. The summed E-state index contributed by atoms with van der Waals surface area (Å²) in [7, 11) is 0. The van der Waals surface area contributed by atoms with Crippen LogP contribution in [0.1, 0.15) is 41.4 Å². The highest BCUT2D eigenvalue weighted by Gasteiger charge is 2.18. The fraction of sp³-hybridized carbons (Fsp3) is 0.273. The van der Waals surface area contributed by atoms with Crippen molar-refractivity contribution < 1.29 is 9.53 Å². The molecule has 132 valence electrons. The molecule has 1 N–H and O–H groups in total. The zero-order valence-electron chi connectivity index (χ0n) is 14.9. The molecule has 0 aliphatic heterocycles. The van der Waals surface area contributed by atoms with Crippen molar-refractivity contribution in [1.29, 1.82) is 0 Å². The Labute approximate surface area is 153 Å². The molecule has 4 heteroatoms. The third-order valence-corrected chi connectivity index (χ3v) is 4.83. The molecule has 1 heterocycles. The van der Waals surface area contributed by atoms with Crippen molar-refractivity contribution in [1.82, 2.24) is 4.98 Å². The maximum Gasteiger partial charge on any atom is 0.338 e. The van der Waals surface area contributed by atoms with Gasteiger partial charge >= 0.3 is 5.97 Å². The first-order valence-electron chi connectivity index (χ1n) is 9.21. The Kier molecular flexibility index (Phi) is 4.57. The molecule has 0 fully saturated rings. The summed E-state index contributed by atoms with van der Waals surface area (Å²) in [5, 5.41) is 4.72. The van der Waals surface area contributed by atoms with Crippen LogP contribution in [0.3, 0.4) is 0 Å². The maximum atomic E-state index is 11.8. The number of fused-ring (bicyclic) bond motifs is 2. The molecule has 0 unspecified atom stereocenters. The van der Waals surface area contributed by atoms with Crippen LogP contribution in [0.5, 0.6) is 0 Å². The van der Waals surface area contributed by atoms with Crippen LogP contribution in [-0.2, 0) is 17.6 Å². The van der Waals surface area contributed by atoms with Gasteiger partial charge < -0.3 is 10.1 Å². The van der Waals surface area contributed by atoms with Crippen LogP contribution in [0.4, 0.5) is 11.4 Å². The Hall–Kier alpha value is -2.88. The second kappa shape index (κ2) is 7.16. The first-order chi connectivity index (χ1) is 12.8. The number of hydrogen-bond acceptors (Lipinski definition) is 4. The van der Waals surface area contributed by atoms with E-state index in [0.29, 0.717) is 12.2 Å². The van der Waals surface area contributed by atoms with Gasteiger partial charge in [0.25, 0.3) is 0 Å². The Morgan fingerprint density at radius 2 is 1.85 bits per heavy atom. The fourth-order valence-electron chi connectivity index (χ4n) is 3.56. The van der Waals surface area contributed by atoms with Crippen LogP contribution in [0, 0.1) is 0 Å². The molecule has 0 radical (unpaired) electrons. The molecule has 1 aromatic heterocycles. The molecule has 0 atom stereocenters. The third-order valence-electron chi connectivity index (χ3n) is 4.83. The maximum absolute atomic E-state index is 11.8. The van der Waals surface area contributed by atoms with E-state index in [1.165, 1.54) is 24.1 Å². The highest BCUT2D eigenvalue weighted by Crippen LogP contribution is 2.35. The summed E-state index contributed by atoms with van der Waals surface area (Å²) in [5.41, 5.74) is 6.24. The largest absolute Gasteiger partial charge is 0.462 e. The van der Waals surface area contributed by atoms with Gasteiger partial charge in [-0.25, -0.2) is 4.79 Å². The summed E-state index contributed by atoms with van der Waals surface area (Å²) in [6.07, 6.45) is 4.49. The van der Waals surface area contributed by atoms with Gasteiger partial charge in [-0.2, -0.15) is 0 Å². The first-order valence-corrected chi connectivity index (χ1v) is 9.21. The van der Waals surface area contributed by atoms with E-state index in [2.05, 4.69) is 17.4 Å². The highest BCUT2D eigenvalue weighted by atomic mass is 16.5. The average Bonchev–Trinajstić information content (AvgIpc) is 2.68. The summed E-state index contributed by atoms with van der Waals surface area (Å²) < 4.78 is 5.05. The zero-order chi connectivity index (χ0) is 17.9. The molecule has 3 aromatic rings. The van der Waals surface area contributed by atoms with Crippen molar-refractivity contribution >= 4 is 28.2 Å². The zero-order valence-corrected chi connectivity index (χ0v) is 14.9. The van der Waals surface area contributed by atoms with Crippen LogP contribution in [0.2, 0.25) is 0 Å². The van der Waals surface area contributed by atoms with Gasteiger partial charge in [0, 0.05) is 16.8 Å². The van der Waals surface area contributed by atoms with Gasteiger partial charge in [-0.3, -0.25) is 4.98 Å². The Balaban J connectivity index is 1.71. The predicted molar refractivity (Wildman–Crippen MR) is 104 cm³/mol. The molecular weight excluding hydrogens is 324 g/mol. The number of pyridine rings is 1. The SMILES string of the molecule is CCOC(=O)c1ccc(Nc2c3c(nc4ccccc24)CCCC3)cc1. The van der Waals surface area contributed by atoms with Crippen molar-refractivity contribution in [2.24, 2.45) is 0 Å². The number of nitrogens with zero attached hydrogens (tertiary/aromatic N) is 1. The van der Waals surface area contributed by atoms with E-state index < -0.39 is 0 Å². The fourth-order valence-corrected chi connectivity index (χ4v) is 3.56. The average molecular weight is 346 g/mol. The van der Waals surface area contributed by atoms with Crippen molar-refractivity contribution in [3.05, 3.63) is 65.4 Å². The summed E-state index contributed by atoms with van der Waals surface area (Å²) >= 11 is 0. The van der Waals surface area contributed by atoms with E-state index in [1.54, 1.807) is 12.1 Å². The monoisotopic (exact) mass is 346 g/mol. The summed E-state index contributed by atoms with van der Waals surface area (Å²) in [5.74, 6) is -0.286. The number of benzene rings is 2. The van der Waals surface area contributed by atoms with E-state index in [4.69, 9.17) is 9.72 Å². The van der Waals surface area contributed by atoms with E-state index in [-0.39, 0.29) is 5.97 Å². The van der Waals surface area contributed by atoms with Crippen LogP contribution in [-0.4, -0.2) is 17.6 Å². The standard InChI is InChI=1S/C22H22N2O2/c1-2-26-22(25)15-11-13-16(14-12-15)23-21-17-7-3-5-9-19(17)24-20-10-6-4-8-18(20)21/h3,5,7,9,11-14H,2,4,6,8,10H2,1H3,(H,23,24). The molecule has 0 saturated carbocycles. The second-order valence-electron chi connectivity index (χ2n) is 6.56. The number of carbonyl (C=O) groups excluding carboxylic acids is 1. The number of anilines is 2. The van der Waals surface area contributed by atoms with Gasteiger partial charge in [0.15, 0.2) is 0 Å². The number of esters is 1. The lowest BCUT2D eigenvalue weighted by atomic mass is 9.92. The Morgan fingerprint density at radius 1 is 1.08 bits per heavy atom. The van der Waals surface area contributed by atoms with Crippen LogP contribution in [0.15, 0.2) is 48.5 Å². The molecule has 26 heavy (non-hydrogen) atoms. The minimum atomic E-state index is -0.286. The molecule has 1 aliphatic carbocycles. The number of aromatic nitrogens is 1. The number of nitrogens with one attached hydrogen (secondary N) is 1. The first kappa shape index (κ1) is 16.6. The molecular formula is C22H22N2O2. The number of hydrogen-bond donors (Lipinski definition) is 1. The van der Waals surface area contributed by atoms with Gasteiger partial charge in [0.05, 0.1) is 23.4 Å². The van der Waals surface area contributed by atoms with Gasteiger partial charge in [-0.05, 0) is 68.5 Å². The van der Waals surface area contributed by atoms with Crippen LogP contribution in [0.25, 0.3) is 10.9 Å². The highest BCUT2D eigenvalue weighted by molar-refractivity contribution is 5.96.